The van der Waals surface area contributed by atoms with E-state index in [1.165, 1.54) is 11.3 Å². The van der Waals surface area contributed by atoms with Crippen molar-refractivity contribution in [2.75, 3.05) is 13.7 Å². The molecule has 2 aromatic carbocycles. The van der Waals surface area contributed by atoms with Crippen LogP contribution >= 0.6 is 11.3 Å². The zero-order valence-corrected chi connectivity index (χ0v) is 19.5. The highest BCUT2D eigenvalue weighted by atomic mass is 32.1. The Morgan fingerprint density at radius 3 is 2.61 bits per heavy atom. The van der Waals surface area contributed by atoms with Crippen LogP contribution in [0.2, 0.25) is 0 Å². The zero-order chi connectivity index (χ0) is 23.4. The lowest BCUT2D eigenvalue weighted by Gasteiger charge is -2.21. The van der Waals surface area contributed by atoms with Crippen molar-refractivity contribution < 1.29 is 14.3 Å². The molecule has 0 saturated heterocycles. The molecule has 1 aromatic heterocycles. The van der Waals surface area contributed by atoms with Crippen LogP contribution in [0.25, 0.3) is 12.2 Å². The number of hydrogen-bond acceptors (Lipinski definition) is 6. The Morgan fingerprint density at radius 2 is 1.88 bits per heavy atom. The third-order valence-electron chi connectivity index (χ3n) is 5.26. The molecule has 0 radical (unpaired) electrons. The van der Waals surface area contributed by atoms with E-state index >= 15 is 0 Å². The van der Waals surface area contributed by atoms with Gasteiger partial charge in [0.15, 0.2) is 4.80 Å². The highest BCUT2D eigenvalue weighted by Crippen LogP contribution is 2.26. The number of aromatic nitrogens is 1. The molecule has 0 fully saturated rings. The number of ether oxygens (including phenoxy) is 2. The van der Waals surface area contributed by atoms with Gasteiger partial charge < -0.3 is 9.47 Å². The van der Waals surface area contributed by atoms with Crippen molar-refractivity contribution in [3.63, 3.8) is 0 Å². The summed E-state index contributed by atoms with van der Waals surface area (Å²) < 4.78 is 12.8. The number of esters is 1. The molecule has 33 heavy (non-hydrogen) atoms. The van der Waals surface area contributed by atoms with Gasteiger partial charge in [0.2, 0.25) is 0 Å². The molecule has 0 spiro atoms. The first kappa shape index (κ1) is 22.5. The third-order valence-corrected chi connectivity index (χ3v) is 6.24. The highest BCUT2D eigenvalue weighted by molar-refractivity contribution is 7.07. The van der Waals surface area contributed by atoms with Crippen LogP contribution in [0.15, 0.2) is 81.7 Å². The van der Waals surface area contributed by atoms with Gasteiger partial charge in [0, 0.05) is 5.56 Å². The van der Waals surface area contributed by atoms with Gasteiger partial charge in [-0.15, -0.1) is 0 Å². The second kappa shape index (κ2) is 9.83. The Hall–Kier alpha value is -3.71. The molecule has 1 aliphatic rings. The number of methoxy groups -OCH3 is 1. The van der Waals surface area contributed by atoms with E-state index in [1.807, 2.05) is 66.7 Å². The predicted molar refractivity (Wildman–Crippen MR) is 130 cm³/mol. The SMILES string of the molecule is CCOC(=O)C1=C(C)N=c2sc(=Cc3ccccc3OC)c(=O)n2C1/C=C/c1ccccc1. The van der Waals surface area contributed by atoms with Gasteiger partial charge in [-0.25, -0.2) is 9.79 Å². The molecule has 7 heteroatoms. The molecule has 2 heterocycles. The minimum Gasteiger partial charge on any atom is -0.496 e. The number of benzene rings is 2. The molecule has 168 valence electrons. The summed E-state index contributed by atoms with van der Waals surface area (Å²) in [4.78, 5) is 31.4. The van der Waals surface area contributed by atoms with Crippen LogP contribution in [0.3, 0.4) is 0 Å². The maximum absolute atomic E-state index is 13.5. The molecule has 6 nitrogen and oxygen atoms in total. The summed E-state index contributed by atoms with van der Waals surface area (Å²) in [7, 11) is 1.59. The Balaban J connectivity index is 1.89. The molecule has 4 rings (SSSR count). The van der Waals surface area contributed by atoms with Gasteiger partial charge in [-0.05, 0) is 31.6 Å². The van der Waals surface area contributed by atoms with E-state index in [0.29, 0.717) is 26.4 Å². The minimum absolute atomic E-state index is 0.221. The van der Waals surface area contributed by atoms with Crippen molar-refractivity contribution >= 4 is 29.5 Å². The molecule has 1 aliphatic heterocycles. The number of nitrogens with zero attached hydrogens (tertiary/aromatic N) is 2. The average molecular weight is 461 g/mol. The van der Waals surface area contributed by atoms with E-state index < -0.39 is 12.0 Å². The fraction of sp³-hybridized carbons (Fsp3) is 0.192. The van der Waals surface area contributed by atoms with Crippen LogP contribution in [0.5, 0.6) is 5.75 Å². The van der Waals surface area contributed by atoms with E-state index in [-0.39, 0.29) is 12.2 Å². The van der Waals surface area contributed by atoms with Crippen molar-refractivity contribution in [2.24, 2.45) is 4.99 Å². The molecular weight excluding hydrogens is 436 g/mol. The summed E-state index contributed by atoms with van der Waals surface area (Å²) in [5, 5.41) is 0. The molecule has 1 unspecified atom stereocenters. The van der Waals surface area contributed by atoms with Gasteiger partial charge in [-0.2, -0.15) is 0 Å². The lowest BCUT2D eigenvalue weighted by molar-refractivity contribution is -0.139. The molecule has 0 aliphatic carbocycles. The summed E-state index contributed by atoms with van der Waals surface area (Å²) in [5.74, 6) is 0.202. The zero-order valence-electron chi connectivity index (χ0n) is 18.6. The first-order chi connectivity index (χ1) is 16.0. The van der Waals surface area contributed by atoms with Gasteiger partial charge in [0.25, 0.3) is 5.56 Å². The second-order valence-electron chi connectivity index (χ2n) is 7.36. The predicted octanol–water partition coefficient (Wildman–Crippen LogP) is 3.47. The van der Waals surface area contributed by atoms with Crippen molar-refractivity contribution in [1.29, 1.82) is 0 Å². The van der Waals surface area contributed by atoms with Crippen LogP contribution in [0, 0.1) is 0 Å². The first-order valence-corrected chi connectivity index (χ1v) is 11.4. The van der Waals surface area contributed by atoms with Crippen molar-refractivity contribution in [2.45, 2.75) is 19.9 Å². The quantitative estimate of drug-likeness (QED) is 0.528. The van der Waals surface area contributed by atoms with E-state index in [2.05, 4.69) is 4.99 Å². The Morgan fingerprint density at radius 1 is 1.15 bits per heavy atom. The van der Waals surface area contributed by atoms with Crippen LogP contribution in [0.1, 0.15) is 31.0 Å². The Labute approximate surface area is 195 Å². The topological polar surface area (TPSA) is 69.9 Å². The number of allylic oxidation sites excluding steroid dienone is 2. The summed E-state index contributed by atoms with van der Waals surface area (Å²) in [6.07, 6.45) is 5.55. The number of para-hydroxylation sites is 1. The lowest BCUT2D eigenvalue weighted by Crippen LogP contribution is -2.38. The summed E-state index contributed by atoms with van der Waals surface area (Å²) in [6.45, 7) is 3.76. The summed E-state index contributed by atoms with van der Waals surface area (Å²) in [6, 6.07) is 16.6. The Kier molecular flexibility index (Phi) is 6.70. The number of thiazole rings is 1. The van der Waals surface area contributed by atoms with Gasteiger partial charge in [0.05, 0.1) is 35.6 Å². The van der Waals surface area contributed by atoms with E-state index in [0.717, 1.165) is 11.1 Å². The monoisotopic (exact) mass is 460 g/mol. The fourth-order valence-corrected chi connectivity index (χ4v) is 4.76. The highest BCUT2D eigenvalue weighted by Gasteiger charge is 2.30. The summed E-state index contributed by atoms with van der Waals surface area (Å²) in [5.41, 5.74) is 2.44. The first-order valence-electron chi connectivity index (χ1n) is 10.6. The maximum atomic E-state index is 13.5. The normalized spacial score (nSPS) is 16.0. The number of hydrogen-bond donors (Lipinski definition) is 0. The molecule has 1 atom stereocenters. The lowest BCUT2D eigenvalue weighted by atomic mass is 10.0. The largest absolute Gasteiger partial charge is 0.496 e. The summed E-state index contributed by atoms with van der Waals surface area (Å²) >= 11 is 1.28. The number of carbonyl (C=O) groups is 1. The van der Waals surface area contributed by atoms with Crippen LogP contribution in [-0.2, 0) is 9.53 Å². The van der Waals surface area contributed by atoms with Gasteiger partial charge in [-0.1, -0.05) is 72.0 Å². The number of rotatable bonds is 6. The van der Waals surface area contributed by atoms with Crippen molar-refractivity contribution in [3.05, 3.63) is 103 Å². The van der Waals surface area contributed by atoms with Crippen LogP contribution in [-0.4, -0.2) is 24.3 Å². The van der Waals surface area contributed by atoms with E-state index in [1.54, 1.807) is 31.6 Å². The van der Waals surface area contributed by atoms with Gasteiger partial charge in [-0.3, -0.25) is 9.36 Å². The number of fused-ring (bicyclic) bond motifs is 1. The molecule has 0 saturated carbocycles. The van der Waals surface area contributed by atoms with E-state index in [4.69, 9.17) is 9.47 Å². The second-order valence-corrected chi connectivity index (χ2v) is 8.37. The Bertz CT molecular complexity index is 1410. The standard InChI is InChI=1S/C26H24N2O4S/c1-4-32-25(30)23-17(2)27-26-28(20(23)15-14-18-10-6-5-7-11-18)24(29)22(33-26)16-19-12-8-9-13-21(19)31-3/h5-16,20H,4H2,1-3H3/b15-14+,22-16?. The van der Waals surface area contributed by atoms with Gasteiger partial charge in [0.1, 0.15) is 5.75 Å². The van der Waals surface area contributed by atoms with E-state index in [9.17, 15) is 9.59 Å². The van der Waals surface area contributed by atoms with Crippen LogP contribution < -0.4 is 19.6 Å². The third kappa shape index (κ3) is 4.59. The minimum atomic E-state index is -0.625. The molecule has 3 aromatic rings. The van der Waals surface area contributed by atoms with Crippen molar-refractivity contribution in [3.8, 4) is 5.75 Å². The number of carbonyl (C=O) groups excluding carboxylic acids is 1. The average Bonchev–Trinajstić information content (AvgIpc) is 3.12. The van der Waals surface area contributed by atoms with Crippen molar-refractivity contribution in [1.82, 2.24) is 4.57 Å². The molecule has 0 bridgehead atoms. The smallest absolute Gasteiger partial charge is 0.338 e. The fourth-order valence-electron chi connectivity index (χ4n) is 3.71. The van der Waals surface area contributed by atoms with Crippen LogP contribution in [0.4, 0.5) is 0 Å². The molecule has 0 N–H and O–H groups in total. The van der Waals surface area contributed by atoms with Gasteiger partial charge >= 0.3 is 5.97 Å². The molecular formula is C26H24N2O4S. The maximum Gasteiger partial charge on any atom is 0.338 e. The molecule has 0 amide bonds.